The molecule has 0 spiro atoms. The lowest BCUT2D eigenvalue weighted by atomic mass is 9.83. The van der Waals surface area contributed by atoms with Crippen LogP contribution in [0.15, 0.2) is 81.2 Å². The largest absolute Gasteiger partial charge is 0.438 e. The summed E-state index contributed by atoms with van der Waals surface area (Å²) in [7, 11) is 1.72. The number of imidazole rings is 1. The zero-order valence-electron chi connectivity index (χ0n) is 37.1. The minimum Gasteiger partial charge on any atom is -0.376 e. The second-order valence-corrected chi connectivity index (χ2v) is 18.8. The number of carbonyl (C=O) groups excluding carboxylic acids is 1. The predicted octanol–water partition coefficient (Wildman–Crippen LogP) is 7.44. The van der Waals surface area contributed by atoms with Crippen LogP contribution in [0.5, 0.6) is 0 Å². The van der Waals surface area contributed by atoms with Gasteiger partial charge in [0.15, 0.2) is 11.6 Å². The lowest BCUT2D eigenvalue weighted by Gasteiger charge is -2.35. The molecule has 7 heterocycles. The summed E-state index contributed by atoms with van der Waals surface area (Å²) < 4.78 is 50.2. The SMILES string of the molecule is Cc1cc(-n2nc3c(c2-n2ccn(-c4ccc5c(cnn5C)c4F)c2=O)[C@H](C)N(C(=O)c2cc4cc(C5CCOC(C)(C)C5)ccc4n2[C@@]2(c4noc(=O)[nH]4)C[C@@H]2C)CC3)cc(C)c1F. The number of aryl methyl sites for hydroxylation is 3. The van der Waals surface area contributed by atoms with E-state index in [4.69, 9.17) is 14.4 Å². The van der Waals surface area contributed by atoms with E-state index >= 15 is 13.6 Å². The molecular weight excluding hydrogens is 835 g/mol. The molecule has 5 aromatic heterocycles. The molecule has 1 amide bonds. The number of fused-ring (bicyclic) bond motifs is 3. The van der Waals surface area contributed by atoms with Crippen molar-refractivity contribution in [2.24, 2.45) is 13.0 Å². The van der Waals surface area contributed by atoms with Crippen LogP contribution in [0.25, 0.3) is 39.0 Å². The fraction of sp³-hybridized carbons (Fsp3) is 0.375. The average Bonchev–Trinajstić information content (AvgIpc) is 3.90. The third-order valence-corrected chi connectivity index (χ3v) is 14.2. The summed E-state index contributed by atoms with van der Waals surface area (Å²) >= 11 is 0. The molecule has 1 N–H and O–H groups in total. The number of nitrogens with zero attached hydrogens (tertiary/aromatic N) is 9. The van der Waals surface area contributed by atoms with Crippen molar-refractivity contribution >= 4 is 27.7 Å². The average molecular weight is 883 g/mol. The topological polar surface area (TPSA) is 156 Å². The van der Waals surface area contributed by atoms with E-state index < -0.39 is 28.8 Å². The molecule has 0 bridgehead atoms. The van der Waals surface area contributed by atoms with Crippen LogP contribution in [0.3, 0.4) is 0 Å². The molecule has 65 heavy (non-hydrogen) atoms. The Bertz CT molecular complexity index is 3380. The smallest absolute Gasteiger partial charge is 0.376 e. The van der Waals surface area contributed by atoms with Crippen LogP contribution in [0.1, 0.15) is 103 Å². The van der Waals surface area contributed by atoms with Gasteiger partial charge >= 0.3 is 11.4 Å². The first-order valence-corrected chi connectivity index (χ1v) is 22.0. The number of carbonyl (C=O) groups is 1. The Balaban J connectivity index is 1.06. The van der Waals surface area contributed by atoms with Gasteiger partial charge in [0.05, 0.1) is 45.8 Å². The summed E-state index contributed by atoms with van der Waals surface area (Å²) in [5.74, 6) is -0.925. The van der Waals surface area contributed by atoms with E-state index in [1.807, 2.05) is 17.6 Å². The van der Waals surface area contributed by atoms with Gasteiger partial charge in [-0.25, -0.2) is 23.1 Å². The number of benzene rings is 3. The number of aromatic amines is 1. The highest BCUT2D eigenvalue weighted by molar-refractivity contribution is 6.00. The third-order valence-electron chi connectivity index (χ3n) is 14.2. The van der Waals surface area contributed by atoms with Gasteiger partial charge < -0.3 is 14.2 Å². The summed E-state index contributed by atoms with van der Waals surface area (Å²) in [6, 6.07) is 14.3. The molecule has 4 atom stereocenters. The van der Waals surface area contributed by atoms with Crippen molar-refractivity contribution in [1.29, 1.82) is 0 Å². The van der Waals surface area contributed by atoms with E-state index in [1.165, 1.54) is 21.5 Å². The van der Waals surface area contributed by atoms with Crippen molar-refractivity contribution < 1.29 is 22.8 Å². The molecule has 1 aliphatic carbocycles. The van der Waals surface area contributed by atoms with Crippen LogP contribution in [-0.4, -0.2) is 73.0 Å². The quantitative estimate of drug-likeness (QED) is 0.173. The summed E-state index contributed by atoms with van der Waals surface area (Å²) in [4.78, 5) is 47.2. The van der Waals surface area contributed by atoms with Crippen LogP contribution in [0, 0.1) is 31.4 Å². The Morgan fingerprint density at radius 3 is 2.38 bits per heavy atom. The molecule has 8 aromatic rings. The van der Waals surface area contributed by atoms with Gasteiger partial charge in [-0.15, -0.1) is 0 Å². The Hall–Kier alpha value is -6.88. The van der Waals surface area contributed by atoms with Crippen molar-refractivity contribution in [2.45, 2.75) is 90.3 Å². The van der Waals surface area contributed by atoms with Gasteiger partial charge in [-0.1, -0.05) is 18.1 Å². The van der Waals surface area contributed by atoms with Crippen molar-refractivity contribution in [3.8, 4) is 17.2 Å². The second-order valence-electron chi connectivity index (χ2n) is 18.8. The molecule has 1 saturated carbocycles. The van der Waals surface area contributed by atoms with Crippen LogP contribution < -0.4 is 11.4 Å². The van der Waals surface area contributed by atoms with Gasteiger partial charge in [0, 0.05) is 55.5 Å². The highest BCUT2D eigenvalue weighted by atomic mass is 19.1. The van der Waals surface area contributed by atoms with Crippen LogP contribution in [0.2, 0.25) is 0 Å². The first-order valence-electron chi connectivity index (χ1n) is 22.0. The highest BCUT2D eigenvalue weighted by Gasteiger charge is 2.59. The van der Waals surface area contributed by atoms with E-state index in [1.54, 1.807) is 65.6 Å². The molecule has 11 rings (SSSR count). The standard InChI is InChI=1S/C48H48F2N10O5/c1-25-18-32(19-26(2)40(25)49)60-42(58-16-15-57(46(58)63)37-11-10-36-33(41(37)50)24-51-55(36)7)39-28(4)56(14-12-34(39)53-60)43(61)38-21-31-20-29(30-13-17-64-47(5,6)23-30)8-9-35(31)59(38)48(22-27(48)3)44-52-45(62)65-54-44/h8-11,15-16,18-21,24,27-28,30H,12-14,17,22-23H2,1-7H3,(H,52,54,62)/t27-,28-,30?,48-/m0/s1. The predicted molar refractivity (Wildman–Crippen MR) is 237 cm³/mol. The number of ether oxygens (including phenoxy) is 1. The fourth-order valence-corrected chi connectivity index (χ4v) is 10.8. The summed E-state index contributed by atoms with van der Waals surface area (Å²) in [5.41, 5.74) is 3.92. The molecule has 2 fully saturated rings. The fourth-order valence-electron chi connectivity index (χ4n) is 10.8. The maximum atomic E-state index is 16.1. The minimum absolute atomic E-state index is 0.00109. The lowest BCUT2D eigenvalue weighted by molar-refractivity contribution is -0.0592. The Kier molecular flexibility index (Phi) is 9.00. The molecule has 15 nitrogen and oxygen atoms in total. The first-order chi connectivity index (χ1) is 31.1. The number of nitrogens with one attached hydrogen (secondary N) is 1. The molecule has 1 unspecified atom stereocenters. The van der Waals surface area contributed by atoms with Crippen molar-refractivity contribution in [3.05, 3.63) is 139 Å². The van der Waals surface area contributed by atoms with Crippen LogP contribution >= 0.6 is 0 Å². The van der Waals surface area contributed by atoms with Crippen LogP contribution in [0.4, 0.5) is 8.78 Å². The zero-order chi connectivity index (χ0) is 45.4. The van der Waals surface area contributed by atoms with Gasteiger partial charge in [-0.05, 0) is 125 Å². The zero-order valence-corrected chi connectivity index (χ0v) is 37.1. The minimum atomic E-state index is -0.857. The number of amides is 1. The highest BCUT2D eigenvalue weighted by Crippen LogP contribution is 2.56. The molecule has 17 heteroatoms. The Morgan fingerprint density at radius 1 is 0.938 bits per heavy atom. The van der Waals surface area contributed by atoms with Gasteiger partial charge in [0.1, 0.15) is 22.9 Å². The van der Waals surface area contributed by atoms with Gasteiger partial charge in [-0.3, -0.25) is 28.1 Å². The monoisotopic (exact) mass is 882 g/mol. The second kappa shape index (κ2) is 14.3. The third kappa shape index (κ3) is 6.14. The van der Waals surface area contributed by atoms with E-state index in [-0.39, 0.29) is 40.2 Å². The van der Waals surface area contributed by atoms with E-state index in [0.717, 1.165) is 29.3 Å². The lowest BCUT2D eigenvalue weighted by Crippen LogP contribution is -2.41. The maximum Gasteiger partial charge on any atom is 0.438 e. The Morgan fingerprint density at radius 2 is 1.68 bits per heavy atom. The number of hydrogen-bond acceptors (Lipinski definition) is 8. The summed E-state index contributed by atoms with van der Waals surface area (Å²) in [6.07, 6.45) is 7.17. The molecule has 3 aliphatic rings. The molecule has 0 radical (unpaired) electrons. The number of H-pyrrole nitrogens is 1. The van der Waals surface area contributed by atoms with Crippen molar-refractivity contribution in [1.82, 2.24) is 48.3 Å². The van der Waals surface area contributed by atoms with Gasteiger partial charge in [0.2, 0.25) is 0 Å². The molecule has 1 saturated heterocycles. The molecule has 334 valence electrons. The van der Waals surface area contributed by atoms with Crippen molar-refractivity contribution in [3.63, 3.8) is 0 Å². The number of aromatic nitrogens is 9. The number of halogens is 2. The molecule has 3 aromatic carbocycles. The van der Waals surface area contributed by atoms with Gasteiger partial charge in [-0.2, -0.15) is 10.2 Å². The van der Waals surface area contributed by atoms with E-state index in [9.17, 15) is 9.59 Å². The molecular formula is C48H48F2N10O5. The van der Waals surface area contributed by atoms with Gasteiger partial charge in [0.25, 0.3) is 5.91 Å². The van der Waals surface area contributed by atoms with E-state index in [2.05, 4.69) is 54.2 Å². The normalized spacial score (nSPS) is 21.7. The first kappa shape index (κ1) is 40.9. The maximum absolute atomic E-state index is 16.1. The van der Waals surface area contributed by atoms with Crippen LogP contribution in [-0.2, 0) is 23.7 Å². The molecule has 2 aliphatic heterocycles. The Labute approximate surface area is 370 Å². The summed E-state index contributed by atoms with van der Waals surface area (Å²) in [5, 5.41) is 14.6. The number of rotatable bonds is 7. The van der Waals surface area contributed by atoms with Crippen molar-refractivity contribution in [2.75, 3.05) is 13.2 Å². The number of hydrogen-bond donors (Lipinski definition) is 1. The van der Waals surface area contributed by atoms with E-state index in [0.29, 0.717) is 76.9 Å². The summed E-state index contributed by atoms with van der Waals surface area (Å²) in [6.45, 7) is 12.5.